The van der Waals surface area contributed by atoms with Crippen molar-refractivity contribution in [1.82, 2.24) is 29.9 Å². The molecule has 2 atom stereocenters. The monoisotopic (exact) mass is 344 g/mol. The first-order chi connectivity index (χ1) is 12.1. The number of methoxy groups -OCH3 is 1. The molecule has 1 aliphatic carbocycles. The first-order valence-corrected chi connectivity index (χ1v) is 8.82. The molecule has 4 rings (SSSR count). The number of carbonyl (C=O) groups excluding carboxylic acids is 1. The van der Waals surface area contributed by atoms with Crippen LogP contribution in [0.1, 0.15) is 36.1 Å². The zero-order chi connectivity index (χ0) is 17.4. The van der Waals surface area contributed by atoms with Gasteiger partial charge in [-0.2, -0.15) is 10.2 Å². The van der Waals surface area contributed by atoms with Crippen LogP contribution in [0, 0.1) is 18.8 Å². The summed E-state index contributed by atoms with van der Waals surface area (Å²) in [7, 11) is 1.64. The highest BCUT2D eigenvalue weighted by Gasteiger charge is 2.45. The Balaban J connectivity index is 1.47. The van der Waals surface area contributed by atoms with Crippen LogP contribution in [-0.2, 0) is 22.7 Å². The van der Waals surface area contributed by atoms with Crippen LogP contribution in [0.4, 0.5) is 0 Å². The van der Waals surface area contributed by atoms with Crippen molar-refractivity contribution >= 4 is 5.91 Å². The number of likely N-dealkylation sites (tertiary alicyclic amines) is 1. The molecule has 8 heteroatoms. The van der Waals surface area contributed by atoms with Gasteiger partial charge >= 0.3 is 0 Å². The molecule has 2 aliphatic rings. The van der Waals surface area contributed by atoms with Gasteiger partial charge in [-0.3, -0.25) is 14.6 Å². The van der Waals surface area contributed by atoms with Crippen molar-refractivity contribution in [2.75, 3.05) is 20.2 Å². The molecule has 1 saturated carbocycles. The number of amides is 1. The fraction of sp³-hybridized carbons (Fsp3) is 0.647. The van der Waals surface area contributed by atoms with Crippen LogP contribution in [-0.4, -0.2) is 56.0 Å². The van der Waals surface area contributed by atoms with Crippen molar-refractivity contribution in [2.45, 2.75) is 38.8 Å². The molecule has 0 radical (unpaired) electrons. The molecular formula is C17H24N6O2. The molecule has 2 fully saturated rings. The molecule has 134 valence electrons. The van der Waals surface area contributed by atoms with Crippen molar-refractivity contribution in [2.24, 2.45) is 11.8 Å². The van der Waals surface area contributed by atoms with Crippen LogP contribution in [0.25, 0.3) is 0 Å². The quantitative estimate of drug-likeness (QED) is 0.848. The lowest BCUT2D eigenvalue weighted by Gasteiger charge is -2.16. The van der Waals surface area contributed by atoms with E-state index in [9.17, 15) is 4.79 Å². The highest BCUT2D eigenvalue weighted by Crippen LogP contribution is 2.47. The van der Waals surface area contributed by atoms with E-state index >= 15 is 0 Å². The van der Waals surface area contributed by atoms with Crippen molar-refractivity contribution in [3.63, 3.8) is 0 Å². The van der Waals surface area contributed by atoms with E-state index in [1.165, 1.54) is 12.8 Å². The van der Waals surface area contributed by atoms with Crippen molar-refractivity contribution in [3.05, 3.63) is 29.6 Å². The first kappa shape index (κ1) is 16.3. The van der Waals surface area contributed by atoms with Crippen LogP contribution in [0.5, 0.6) is 0 Å². The summed E-state index contributed by atoms with van der Waals surface area (Å²) in [6, 6.07) is 1.91. The van der Waals surface area contributed by atoms with E-state index in [2.05, 4.69) is 20.3 Å². The maximum atomic E-state index is 12.7. The molecule has 0 spiro atoms. The molecule has 1 saturated heterocycles. The maximum absolute atomic E-state index is 12.7. The van der Waals surface area contributed by atoms with Gasteiger partial charge in [-0.1, -0.05) is 0 Å². The third-order valence-electron chi connectivity index (χ3n) is 5.18. The lowest BCUT2D eigenvalue weighted by molar-refractivity contribution is -0.131. The molecule has 8 nitrogen and oxygen atoms in total. The van der Waals surface area contributed by atoms with Gasteiger partial charge < -0.3 is 9.64 Å². The van der Waals surface area contributed by atoms with Gasteiger partial charge in [0.25, 0.3) is 0 Å². The number of hydrogen-bond donors (Lipinski definition) is 1. The van der Waals surface area contributed by atoms with Crippen LogP contribution in [0.15, 0.2) is 12.3 Å². The summed E-state index contributed by atoms with van der Waals surface area (Å²) in [5.41, 5.74) is 0.925. The van der Waals surface area contributed by atoms with Gasteiger partial charge in [-0.05, 0) is 37.7 Å². The van der Waals surface area contributed by atoms with E-state index in [0.717, 1.165) is 23.9 Å². The van der Waals surface area contributed by atoms with E-state index in [-0.39, 0.29) is 11.8 Å². The lowest BCUT2D eigenvalue weighted by atomic mass is 9.91. The zero-order valence-electron chi connectivity index (χ0n) is 14.7. The Bertz CT molecular complexity index is 750. The van der Waals surface area contributed by atoms with Crippen LogP contribution in [0.2, 0.25) is 0 Å². The predicted octanol–water partition coefficient (Wildman–Crippen LogP) is 1.11. The fourth-order valence-electron chi connectivity index (χ4n) is 3.77. The molecule has 1 amide bonds. The van der Waals surface area contributed by atoms with Crippen LogP contribution in [0.3, 0.4) is 0 Å². The van der Waals surface area contributed by atoms with Gasteiger partial charge in [-0.15, -0.1) is 0 Å². The summed E-state index contributed by atoms with van der Waals surface area (Å²) >= 11 is 0. The summed E-state index contributed by atoms with van der Waals surface area (Å²) in [5, 5.41) is 11.6. The van der Waals surface area contributed by atoms with Gasteiger partial charge in [0, 0.05) is 32.3 Å². The highest BCUT2D eigenvalue weighted by molar-refractivity contribution is 5.76. The predicted molar refractivity (Wildman–Crippen MR) is 89.6 cm³/mol. The Labute approximate surface area is 146 Å². The Morgan fingerprint density at radius 1 is 1.40 bits per heavy atom. The second-order valence-corrected chi connectivity index (χ2v) is 7.13. The first-order valence-electron chi connectivity index (χ1n) is 8.82. The molecule has 2 aromatic heterocycles. The topological polar surface area (TPSA) is 88.9 Å². The number of carbonyl (C=O) groups is 1. The minimum absolute atomic E-state index is 0.115. The molecule has 0 aromatic carbocycles. The minimum atomic E-state index is 0.115. The van der Waals surface area contributed by atoms with Crippen molar-refractivity contribution < 1.29 is 9.53 Å². The number of rotatable bonds is 6. The van der Waals surface area contributed by atoms with E-state index in [4.69, 9.17) is 4.74 Å². The van der Waals surface area contributed by atoms with Gasteiger partial charge in [0.05, 0.1) is 5.69 Å². The molecule has 25 heavy (non-hydrogen) atoms. The van der Waals surface area contributed by atoms with Crippen molar-refractivity contribution in [3.8, 4) is 0 Å². The van der Waals surface area contributed by atoms with E-state index in [1.807, 2.05) is 24.1 Å². The number of aromatic amines is 1. The summed E-state index contributed by atoms with van der Waals surface area (Å²) in [5.74, 6) is 3.02. The number of nitrogens with zero attached hydrogens (tertiary/aromatic N) is 5. The number of aryl methyl sites for hydroxylation is 1. The van der Waals surface area contributed by atoms with E-state index in [0.29, 0.717) is 31.5 Å². The molecule has 1 N–H and O–H groups in total. The average Bonchev–Trinajstić information content (AvgIpc) is 2.98. The maximum Gasteiger partial charge on any atom is 0.244 e. The number of aromatic nitrogens is 5. The SMILES string of the molecule is COCc1nc([C@H]2CN(C(=O)Cn3ccc(C)n3)C[C@@H]2C2CC2)n[nH]1. The van der Waals surface area contributed by atoms with Crippen LogP contribution < -0.4 is 0 Å². The molecular weight excluding hydrogens is 320 g/mol. The Morgan fingerprint density at radius 2 is 2.24 bits per heavy atom. The minimum Gasteiger partial charge on any atom is -0.377 e. The molecule has 0 bridgehead atoms. The van der Waals surface area contributed by atoms with E-state index in [1.54, 1.807) is 11.8 Å². The Morgan fingerprint density at radius 3 is 2.92 bits per heavy atom. The second-order valence-electron chi connectivity index (χ2n) is 7.13. The largest absolute Gasteiger partial charge is 0.377 e. The van der Waals surface area contributed by atoms with Crippen LogP contribution >= 0.6 is 0 Å². The smallest absolute Gasteiger partial charge is 0.244 e. The number of ether oxygens (including phenoxy) is 1. The third kappa shape index (κ3) is 3.44. The molecule has 1 aliphatic heterocycles. The Hall–Kier alpha value is -2.22. The zero-order valence-corrected chi connectivity index (χ0v) is 14.7. The third-order valence-corrected chi connectivity index (χ3v) is 5.18. The fourth-order valence-corrected chi connectivity index (χ4v) is 3.77. The highest BCUT2D eigenvalue weighted by atomic mass is 16.5. The summed E-state index contributed by atoms with van der Waals surface area (Å²) in [4.78, 5) is 19.2. The summed E-state index contributed by atoms with van der Waals surface area (Å²) < 4.78 is 6.82. The molecule has 2 aromatic rings. The van der Waals surface area contributed by atoms with E-state index < -0.39 is 0 Å². The van der Waals surface area contributed by atoms with Gasteiger partial charge in [0.2, 0.25) is 5.91 Å². The number of hydrogen-bond acceptors (Lipinski definition) is 5. The summed E-state index contributed by atoms with van der Waals surface area (Å²) in [6.45, 7) is 4.12. The standard InChI is InChI=1S/C17H24N6O2/c1-11-5-6-23(21-11)9-16(24)22-7-13(12-3-4-12)14(8-22)17-18-15(10-25-2)19-20-17/h5-6,12-14H,3-4,7-10H2,1-2H3,(H,18,19,20)/t13-,14+/m1/s1. The normalized spacial score (nSPS) is 23.4. The van der Waals surface area contributed by atoms with Gasteiger partial charge in [0.1, 0.15) is 13.2 Å². The number of H-pyrrole nitrogens is 1. The molecule has 3 heterocycles. The van der Waals surface area contributed by atoms with Gasteiger partial charge in [0.15, 0.2) is 11.6 Å². The Kier molecular flexibility index (Phi) is 4.29. The van der Waals surface area contributed by atoms with Crippen molar-refractivity contribution in [1.29, 1.82) is 0 Å². The average molecular weight is 344 g/mol. The lowest BCUT2D eigenvalue weighted by Crippen LogP contribution is -2.32. The molecule has 0 unspecified atom stereocenters. The van der Waals surface area contributed by atoms with Gasteiger partial charge in [-0.25, -0.2) is 4.98 Å². The summed E-state index contributed by atoms with van der Waals surface area (Å²) in [6.07, 6.45) is 4.35. The second kappa shape index (κ2) is 6.59. The number of nitrogens with one attached hydrogen (secondary N) is 1.